The van der Waals surface area contributed by atoms with Gasteiger partial charge in [-0.1, -0.05) is 17.3 Å². The van der Waals surface area contributed by atoms with Gasteiger partial charge in [0.05, 0.1) is 19.7 Å². The number of rotatable bonds is 6. The van der Waals surface area contributed by atoms with Crippen molar-refractivity contribution in [3.8, 4) is 5.75 Å². The van der Waals surface area contributed by atoms with Crippen molar-refractivity contribution in [3.05, 3.63) is 41.7 Å². The van der Waals surface area contributed by atoms with Crippen LogP contribution in [0.5, 0.6) is 5.75 Å². The number of hydrogen-bond donors (Lipinski definition) is 1. The molecule has 0 aliphatic carbocycles. The van der Waals surface area contributed by atoms with Crippen molar-refractivity contribution in [3.63, 3.8) is 0 Å². The van der Waals surface area contributed by atoms with Gasteiger partial charge in [-0.15, -0.1) is 5.10 Å². The summed E-state index contributed by atoms with van der Waals surface area (Å²) in [5, 5.41) is 16.0. The van der Waals surface area contributed by atoms with Crippen LogP contribution in [0.2, 0.25) is 0 Å². The van der Waals surface area contributed by atoms with Gasteiger partial charge >= 0.3 is 5.97 Å². The van der Waals surface area contributed by atoms with E-state index in [1.54, 1.807) is 16.9 Å². The lowest BCUT2D eigenvalue weighted by Gasteiger charge is -2.34. The van der Waals surface area contributed by atoms with Crippen LogP contribution < -0.4 is 4.74 Å². The summed E-state index contributed by atoms with van der Waals surface area (Å²) >= 11 is 0. The van der Waals surface area contributed by atoms with Crippen LogP contribution >= 0.6 is 0 Å². The van der Waals surface area contributed by atoms with Gasteiger partial charge in [0.1, 0.15) is 12.3 Å². The van der Waals surface area contributed by atoms with Crippen LogP contribution in [0.1, 0.15) is 16.1 Å². The molecule has 0 unspecified atom stereocenters. The molecule has 1 aliphatic rings. The highest BCUT2D eigenvalue weighted by Crippen LogP contribution is 2.14. The van der Waals surface area contributed by atoms with Crippen LogP contribution in [0.3, 0.4) is 0 Å². The topological polar surface area (TPSA) is 118 Å². The van der Waals surface area contributed by atoms with Gasteiger partial charge in [0.2, 0.25) is 11.8 Å². The maximum Gasteiger partial charge on any atom is 0.358 e. The van der Waals surface area contributed by atoms with Crippen LogP contribution in [-0.4, -0.2) is 81.0 Å². The van der Waals surface area contributed by atoms with Crippen LogP contribution in [0, 0.1) is 0 Å². The lowest BCUT2D eigenvalue weighted by molar-refractivity contribution is -0.139. The van der Waals surface area contributed by atoms with E-state index in [9.17, 15) is 14.4 Å². The van der Waals surface area contributed by atoms with Crippen LogP contribution in [0.4, 0.5) is 0 Å². The summed E-state index contributed by atoms with van der Waals surface area (Å²) in [4.78, 5) is 39.0. The molecule has 1 fully saturated rings. The van der Waals surface area contributed by atoms with Gasteiger partial charge in [-0.05, 0) is 17.7 Å². The molecule has 2 aromatic rings. The summed E-state index contributed by atoms with van der Waals surface area (Å²) in [6, 6.07) is 7.38. The number of carboxylic acid groups (broad SMARTS) is 1. The molecule has 0 bridgehead atoms. The number of aromatic carboxylic acids is 1. The zero-order valence-electron chi connectivity index (χ0n) is 15.4. The van der Waals surface area contributed by atoms with E-state index in [2.05, 4.69) is 10.3 Å². The minimum atomic E-state index is -1.19. The van der Waals surface area contributed by atoms with E-state index in [4.69, 9.17) is 9.84 Å². The molecule has 1 saturated heterocycles. The average Bonchev–Trinajstić information content (AvgIpc) is 3.17. The summed E-state index contributed by atoms with van der Waals surface area (Å²) in [7, 11) is 1.58. The summed E-state index contributed by atoms with van der Waals surface area (Å²) in [6.07, 6.45) is 1.50. The first-order valence-corrected chi connectivity index (χ1v) is 8.78. The zero-order chi connectivity index (χ0) is 20.1. The fraction of sp³-hybridized carbons (Fsp3) is 0.389. The minimum Gasteiger partial charge on any atom is -0.497 e. The largest absolute Gasteiger partial charge is 0.497 e. The Kier molecular flexibility index (Phi) is 5.87. The van der Waals surface area contributed by atoms with Crippen molar-refractivity contribution < 1.29 is 24.2 Å². The third-order valence-electron chi connectivity index (χ3n) is 4.53. The highest BCUT2D eigenvalue weighted by atomic mass is 16.5. The Morgan fingerprint density at radius 1 is 1.11 bits per heavy atom. The molecular weight excluding hydrogens is 366 g/mol. The smallest absolute Gasteiger partial charge is 0.358 e. The summed E-state index contributed by atoms with van der Waals surface area (Å²) < 4.78 is 6.37. The van der Waals surface area contributed by atoms with E-state index in [0.717, 1.165) is 5.56 Å². The third-order valence-corrected chi connectivity index (χ3v) is 4.53. The van der Waals surface area contributed by atoms with Gasteiger partial charge in [0.15, 0.2) is 5.69 Å². The molecule has 1 N–H and O–H groups in total. The molecule has 2 heterocycles. The lowest BCUT2D eigenvalue weighted by atomic mass is 10.1. The van der Waals surface area contributed by atoms with E-state index in [-0.39, 0.29) is 30.5 Å². The molecule has 0 atom stereocenters. The number of hydrogen-bond acceptors (Lipinski definition) is 6. The van der Waals surface area contributed by atoms with E-state index in [0.29, 0.717) is 31.9 Å². The molecule has 1 aromatic heterocycles. The Morgan fingerprint density at radius 2 is 1.79 bits per heavy atom. The predicted molar refractivity (Wildman–Crippen MR) is 96.8 cm³/mol. The van der Waals surface area contributed by atoms with Crippen LogP contribution in [0.15, 0.2) is 30.5 Å². The molecule has 2 amide bonds. The number of carboxylic acids is 1. The van der Waals surface area contributed by atoms with Crippen molar-refractivity contribution in [1.29, 1.82) is 0 Å². The molecule has 0 spiro atoms. The standard InChI is InChI=1S/C18H21N5O5/c1-28-14-4-2-3-13(9-14)10-16(24)21-5-7-22(8-6-21)17(25)12-23-11-15(18(26)27)19-20-23/h2-4,9,11H,5-8,10,12H2,1H3,(H,26,27). The zero-order valence-corrected chi connectivity index (χ0v) is 15.4. The Bertz CT molecular complexity index is 873. The molecule has 0 radical (unpaired) electrons. The molecule has 1 aliphatic heterocycles. The second-order valence-electron chi connectivity index (χ2n) is 6.40. The first-order chi connectivity index (χ1) is 13.5. The predicted octanol–water partition coefficient (Wildman–Crippen LogP) is -0.102. The molecule has 1 aromatic carbocycles. The highest BCUT2D eigenvalue weighted by molar-refractivity contribution is 5.85. The molecule has 28 heavy (non-hydrogen) atoms. The Balaban J connectivity index is 1.49. The fourth-order valence-corrected chi connectivity index (χ4v) is 2.99. The van der Waals surface area contributed by atoms with Crippen molar-refractivity contribution >= 4 is 17.8 Å². The lowest BCUT2D eigenvalue weighted by Crippen LogP contribution is -2.51. The van der Waals surface area contributed by atoms with Gasteiger partial charge in [0.25, 0.3) is 0 Å². The number of carbonyl (C=O) groups excluding carboxylic acids is 2. The number of nitrogens with zero attached hydrogens (tertiary/aromatic N) is 5. The summed E-state index contributed by atoms with van der Waals surface area (Å²) in [5.74, 6) is -0.675. The quantitative estimate of drug-likeness (QED) is 0.735. The van der Waals surface area contributed by atoms with Crippen molar-refractivity contribution in [2.24, 2.45) is 0 Å². The number of piperazine rings is 1. The summed E-state index contributed by atoms with van der Waals surface area (Å²) in [6.45, 7) is 1.66. The minimum absolute atomic E-state index is 0.00253. The molecular formula is C18H21N5O5. The number of ether oxygens (including phenoxy) is 1. The number of methoxy groups -OCH3 is 1. The first kappa shape index (κ1) is 19.3. The maximum atomic E-state index is 12.5. The normalized spacial score (nSPS) is 14.0. The van der Waals surface area contributed by atoms with Crippen LogP contribution in [-0.2, 0) is 22.6 Å². The summed E-state index contributed by atoms with van der Waals surface area (Å²) in [5.41, 5.74) is 0.670. The molecule has 10 heteroatoms. The SMILES string of the molecule is COc1cccc(CC(=O)N2CCN(C(=O)Cn3cc(C(=O)O)nn3)CC2)c1. The third kappa shape index (κ3) is 4.64. The van der Waals surface area contributed by atoms with Gasteiger partial charge in [-0.25, -0.2) is 9.48 Å². The van der Waals surface area contributed by atoms with Gasteiger partial charge in [-0.3, -0.25) is 9.59 Å². The number of amides is 2. The Labute approximate surface area is 161 Å². The first-order valence-electron chi connectivity index (χ1n) is 8.78. The highest BCUT2D eigenvalue weighted by Gasteiger charge is 2.24. The van der Waals surface area contributed by atoms with Crippen LogP contribution in [0.25, 0.3) is 0 Å². The van der Waals surface area contributed by atoms with Gasteiger partial charge in [-0.2, -0.15) is 0 Å². The monoisotopic (exact) mass is 387 g/mol. The van der Waals surface area contributed by atoms with E-state index in [1.165, 1.54) is 10.9 Å². The number of carbonyl (C=O) groups is 3. The molecule has 10 nitrogen and oxygen atoms in total. The van der Waals surface area contributed by atoms with Crippen molar-refractivity contribution in [2.75, 3.05) is 33.3 Å². The average molecular weight is 387 g/mol. The molecule has 0 saturated carbocycles. The second kappa shape index (κ2) is 8.51. The van der Waals surface area contributed by atoms with Crippen molar-refractivity contribution in [2.45, 2.75) is 13.0 Å². The van der Waals surface area contributed by atoms with E-state index in [1.807, 2.05) is 24.3 Å². The molecule has 3 rings (SSSR count). The fourth-order valence-electron chi connectivity index (χ4n) is 2.99. The van der Waals surface area contributed by atoms with Gasteiger partial charge in [0, 0.05) is 26.2 Å². The Hall–Kier alpha value is -3.43. The molecule has 148 valence electrons. The number of benzene rings is 1. The second-order valence-corrected chi connectivity index (χ2v) is 6.40. The van der Waals surface area contributed by atoms with Crippen molar-refractivity contribution in [1.82, 2.24) is 24.8 Å². The Morgan fingerprint density at radius 3 is 2.39 bits per heavy atom. The van der Waals surface area contributed by atoms with E-state index >= 15 is 0 Å². The maximum absolute atomic E-state index is 12.5. The van der Waals surface area contributed by atoms with E-state index < -0.39 is 5.97 Å². The number of aromatic nitrogens is 3. The van der Waals surface area contributed by atoms with Gasteiger partial charge < -0.3 is 19.6 Å².